The van der Waals surface area contributed by atoms with Crippen LogP contribution in [0, 0.1) is 5.41 Å². The molecule has 1 heterocycles. The first kappa shape index (κ1) is 17.1. The number of aromatic nitrogens is 2. The van der Waals surface area contributed by atoms with E-state index in [2.05, 4.69) is 51.5 Å². The van der Waals surface area contributed by atoms with Gasteiger partial charge in [-0.15, -0.1) is 0 Å². The van der Waals surface area contributed by atoms with Crippen LogP contribution in [0.4, 0.5) is 0 Å². The van der Waals surface area contributed by atoms with Crippen LogP contribution in [0.3, 0.4) is 0 Å². The van der Waals surface area contributed by atoms with Crippen LogP contribution in [0.1, 0.15) is 73.2 Å². The maximum absolute atomic E-state index is 4.52. The maximum Gasteiger partial charge on any atom is 0.0640 e. The van der Waals surface area contributed by atoms with Crippen molar-refractivity contribution >= 4 is 0 Å². The van der Waals surface area contributed by atoms with E-state index in [9.17, 15) is 0 Å². The molecule has 0 aliphatic rings. The fraction of sp³-hybridized carbons (Fsp3) is 0.750. The highest BCUT2D eigenvalue weighted by Gasteiger charge is 2.19. The van der Waals surface area contributed by atoms with E-state index < -0.39 is 0 Å². The van der Waals surface area contributed by atoms with Gasteiger partial charge in [0.2, 0.25) is 0 Å². The molecule has 0 amide bonds. The molecule has 0 spiro atoms. The van der Waals surface area contributed by atoms with Gasteiger partial charge in [-0.05, 0) is 11.8 Å². The summed E-state index contributed by atoms with van der Waals surface area (Å²) < 4.78 is 0. The lowest BCUT2D eigenvalue weighted by Crippen LogP contribution is -2.17. The van der Waals surface area contributed by atoms with Crippen LogP contribution in [0.5, 0.6) is 0 Å². The average molecular weight is 250 g/mol. The molecule has 0 saturated heterocycles. The third-order valence-electron chi connectivity index (χ3n) is 3.09. The lowest BCUT2D eigenvalue weighted by atomic mass is 9.85. The largest absolute Gasteiger partial charge is 0.258 e. The molecule has 0 aliphatic heterocycles. The van der Waals surface area contributed by atoms with Crippen molar-refractivity contribution in [2.24, 2.45) is 5.41 Å². The summed E-state index contributed by atoms with van der Waals surface area (Å²) in [5, 5.41) is 0. The highest BCUT2D eigenvalue weighted by molar-refractivity contribution is 5.11. The van der Waals surface area contributed by atoms with Crippen LogP contribution in [-0.2, 0) is 11.8 Å². The molecule has 0 atom stereocenters. The van der Waals surface area contributed by atoms with Crippen LogP contribution in [0.15, 0.2) is 12.4 Å². The fourth-order valence-corrected chi connectivity index (χ4v) is 1.45. The zero-order valence-electron chi connectivity index (χ0n) is 13.5. The molecule has 2 nitrogen and oxygen atoms in total. The van der Waals surface area contributed by atoms with E-state index in [-0.39, 0.29) is 5.41 Å². The van der Waals surface area contributed by atoms with Crippen LogP contribution in [-0.4, -0.2) is 9.97 Å². The molecule has 104 valence electrons. The molecular formula is C16H30N2. The van der Waals surface area contributed by atoms with Crippen molar-refractivity contribution < 1.29 is 0 Å². The third-order valence-corrected chi connectivity index (χ3v) is 3.09. The smallest absolute Gasteiger partial charge is 0.0640 e. The Morgan fingerprint density at radius 3 is 1.83 bits per heavy atom. The Labute approximate surface area is 113 Å². The van der Waals surface area contributed by atoms with Gasteiger partial charge >= 0.3 is 0 Å². The molecule has 0 aromatic carbocycles. The first-order valence-electron chi connectivity index (χ1n) is 7.06. The Hall–Kier alpha value is -0.920. The van der Waals surface area contributed by atoms with E-state index in [4.69, 9.17) is 0 Å². The molecule has 1 aromatic heterocycles. The van der Waals surface area contributed by atoms with Gasteiger partial charge in [0.25, 0.3) is 0 Å². The molecule has 0 fully saturated rings. The molecule has 18 heavy (non-hydrogen) atoms. The minimum absolute atomic E-state index is 0.0891. The summed E-state index contributed by atoms with van der Waals surface area (Å²) in [6.45, 7) is 17.2. The van der Waals surface area contributed by atoms with Gasteiger partial charge in [-0.2, -0.15) is 0 Å². The normalized spacial score (nSPS) is 11.8. The summed E-state index contributed by atoms with van der Waals surface area (Å²) in [6, 6.07) is 0. The van der Waals surface area contributed by atoms with Crippen LogP contribution < -0.4 is 0 Å². The van der Waals surface area contributed by atoms with Crippen molar-refractivity contribution in [3.8, 4) is 0 Å². The maximum atomic E-state index is 4.52. The number of rotatable bonds is 3. The van der Waals surface area contributed by atoms with E-state index >= 15 is 0 Å². The van der Waals surface area contributed by atoms with Gasteiger partial charge in [0.05, 0.1) is 11.4 Å². The molecule has 1 rings (SSSR count). The predicted molar refractivity (Wildman–Crippen MR) is 79.9 cm³/mol. The third kappa shape index (κ3) is 5.61. The van der Waals surface area contributed by atoms with Crippen molar-refractivity contribution in [3.63, 3.8) is 0 Å². The standard InChI is InChI=1S/C14H24N2.C2H6/c1-7-14(5,6)8-11-9-16-12(10-15-11)13(2,3)4;1-2/h9-10H,7-8H2,1-6H3;1-2H3. The van der Waals surface area contributed by atoms with Gasteiger partial charge in [-0.25, -0.2) is 0 Å². The van der Waals surface area contributed by atoms with E-state index in [0.29, 0.717) is 5.41 Å². The van der Waals surface area contributed by atoms with E-state index in [0.717, 1.165) is 24.2 Å². The van der Waals surface area contributed by atoms with Gasteiger partial charge < -0.3 is 0 Å². The topological polar surface area (TPSA) is 25.8 Å². The predicted octanol–water partition coefficient (Wildman–Crippen LogP) is 4.78. The lowest BCUT2D eigenvalue weighted by Gasteiger charge is -2.22. The van der Waals surface area contributed by atoms with E-state index in [1.165, 1.54) is 0 Å². The molecule has 0 bridgehead atoms. The monoisotopic (exact) mass is 250 g/mol. The van der Waals surface area contributed by atoms with Gasteiger partial charge in [0.1, 0.15) is 0 Å². The van der Waals surface area contributed by atoms with Crippen LogP contribution >= 0.6 is 0 Å². The van der Waals surface area contributed by atoms with E-state index in [1.807, 2.05) is 26.2 Å². The van der Waals surface area contributed by atoms with Gasteiger partial charge in [0.15, 0.2) is 0 Å². The molecule has 0 N–H and O–H groups in total. The van der Waals surface area contributed by atoms with Crippen molar-refractivity contribution in [1.82, 2.24) is 9.97 Å². The lowest BCUT2D eigenvalue weighted by molar-refractivity contribution is 0.344. The second-order valence-electron chi connectivity index (χ2n) is 6.34. The Bertz CT molecular complexity index is 331. The van der Waals surface area contributed by atoms with Crippen molar-refractivity contribution in [2.75, 3.05) is 0 Å². The van der Waals surface area contributed by atoms with Crippen molar-refractivity contribution in [2.45, 2.75) is 73.6 Å². The van der Waals surface area contributed by atoms with Crippen LogP contribution in [0.2, 0.25) is 0 Å². The minimum Gasteiger partial charge on any atom is -0.258 e. The molecule has 0 unspecified atom stereocenters. The summed E-state index contributed by atoms with van der Waals surface area (Å²) in [5.74, 6) is 0. The van der Waals surface area contributed by atoms with Crippen LogP contribution in [0.25, 0.3) is 0 Å². The minimum atomic E-state index is 0.0891. The molecule has 0 aliphatic carbocycles. The Balaban J connectivity index is 0.00000137. The molecule has 0 saturated carbocycles. The van der Waals surface area contributed by atoms with Crippen molar-refractivity contribution in [1.29, 1.82) is 0 Å². The highest BCUT2D eigenvalue weighted by atomic mass is 14.8. The molecular weight excluding hydrogens is 220 g/mol. The summed E-state index contributed by atoms with van der Waals surface area (Å²) in [7, 11) is 0. The Morgan fingerprint density at radius 1 is 0.944 bits per heavy atom. The quantitative estimate of drug-likeness (QED) is 0.771. The highest BCUT2D eigenvalue weighted by Crippen LogP contribution is 2.25. The van der Waals surface area contributed by atoms with Gasteiger partial charge in [-0.1, -0.05) is 61.8 Å². The first-order valence-corrected chi connectivity index (χ1v) is 7.06. The average Bonchev–Trinajstić information content (AvgIpc) is 2.31. The molecule has 1 aromatic rings. The molecule has 0 radical (unpaired) electrons. The molecule has 2 heteroatoms. The second kappa shape index (κ2) is 6.86. The SMILES string of the molecule is CC.CCC(C)(C)Cc1cnc(C(C)(C)C)cn1. The zero-order chi connectivity index (χ0) is 14.4. The number of hydrogen-bond acceptors (Lipinski definition) is 2. The summed E-state index contributed by atoms with van der Waals surface area (Å²) in [6.07, 6.45) is 6.01. The first-order chi connectivity index (χ1) is 8.24. The number of hydrogen-bond donors (Lipinski definition) is 0. The Kier molecular flexibility index (Phi) is 6.51. The summed E-state index contributed by atoms with van der Waals surface area (Å²) >= 11 is 0. The van der Waals surface area contributed by atoms with Gasteiger partial charge in [0, 0.05) is 17.8 Å². The number of nitrogens with zero attached hydrogens (tertiary/aromatic N) is 2. The van der Waals surface area contributed by atoms with E-state index in [1.54, 1.807) is 0 Å². The Morgan fingerprint density at radius 2 is 1.50 bits per heavy atom. The zero-order valence-corrected chi connectivity index (χ0v) is 13.5. The van der Waals surface area contributed by atoms with Gasteiger partial charge in [-0.3, -0.25) is 9.97 Å². The fourth-order valence-electron chi connectivity index (χ4n) is 1.45. The summed E-state index contributed by atoms with van der Waals surface area (Å²) in [5.41, 5.74) is 2.56. The van der Waals surface area contributed by atoms with Crippen molar-refractivity contribution in [3.05, 3.63) is 23.8 Å². The second-order valence-corrected chi connectivity index (χ2v) is 6.34. The summed E-state index contributed by atoms with van der Waals surface area (Å²) in [4.78, 5) is 9.02.